The number of ether oxygens (including phenoxy) is 1. The molecule has 0 spiro atoms. The Morgan fingerprint density at radius 3 is 3.00 bits per heavy atom. The quantitative estimate of drug-likeness (QED) is 0.778. The molecular weight excluding hydrogens is 268 g/mol. The Morgan fingerprint density at radius 1 is 1.63 bits per heavy atom. The summed E-state index contributed by atoms with van der Waals surface area (Å²) in [7, 11) is 0. The van der Waals surface area contributed by atoms with Gasteiger partial charge in [0, 0.05) is 17.7 Å². The number of halogens is 1. The molecule has 0 aliphatic heterocycles. The van der Waals surface area contributed by atoms with Crippen molar-refractivity contribution in [3.05, 3.63) is 28.8 Å². The minimum atomic E-state index is -0.398. The molecule has 19 heavy (non-hydrogen) atoms. The lowest BCUT2D eigenvalue weighted by molar-refractivity contribution is -0.0300. The largest absolute Gasteiger partial charge is 0.507 e. The van der Waals surface area contributed by atoms with E-state index in [9.17, 15) is 9.90 Å². The molecule has 0 radical (unpaired) electrons. The molecular formula is C13H17ClN2O3. The number of aromatic hydroxyl groups is 1. The molecule has 0 saturated heterocycles. The zero-order valence-electron chi connectivity index (χ0n) is 10.6. The van der Waals surface area contributed by atoms with Crippen LogP contribution in [0.25, 0.3) is 0 Å². The molecule has 3 unspecified atom stereocenters. The first kappa shape index (κ1) is 14.1. The summed E-state index contributed by atoms with van der Waals surface area (Å²) >= 11 is 5.81. The number of amides is 1. The van der Waals surface area contributed by atoms with Gasteiger partial charge in [-0.25, -0.2) is 0 Å². The zero-order chi connectivity index (χ0) is 14.0. The van der Waals surface area contributed by atoms with Gasteiger partial charge < -0.3 is 20.9 Å². The topological polar surface area (TPSA) is 84.6 Å². The second kappa shape index (κ2) is 5.77. The van der Waals surface area contributed by atoms with Crippen molar-refractivity contribution in [1.82, 2.24) is 5.32 Å². The van der Waals surface area contributed by atoms with Crippen molar-refractivity contribution in [3.8, 4) is 5.75 Å². The third-order valence-electron chi connectivity index (χ3n) is 3.25. The Labute approximate surface area is 116 Å². The van der Waals surface area contributed by atoms with Crippen LogP contribution in [-0.2, 0) is 4.74 Å². The zero-order valence-corrected chi connectivity index (χ0v) is 11.4. The number of phenolic OH excluding ortho intramolecular Hbond substituents is 1. The summed E-state index contributed by atoms with van der Waals surface area (Å²) in [6.07, 6.45) is 0.658. The van der Waals surface area contributed by atoms with Crippen LogP contribution >= 0.6 is 11.6 Å². The molecule has 1 aliphatic rings. The number of rotatable bonds is 4. The van der Waals surface area contributed by atoms with Crippen molar-refractivity contribution in [1.29, 1.82) is 0 Å². The second-order valence-corrected chi connectivity index (χ2v) is 4.99. The molecule has 0 aromatic heterocycles. The highest BCUT2D eigenvalue weighted by Gasteiger charge is 2.40. The summed E-state index contributed by atoms with van der Waals surface area (Å²) in [6, 6.07) is 3.98. The van der Waals surface area contributed by atoms with Crippen LogP contribution in [0.2, 0.25) is 5.02 Å². The number of nitrogens with one attached hydrogen (secondary N) is 1. The van der Waals surface area contributed by atoms with Gasteiger partial charge in [-0.1, -0.05) is 11.6 Å². The van der Waals surface area contributed by atoms with Gasteiger partial charge >= 0.3 is 0 Å². The monoisotopic (exact) mass is 284 g/mol. The highest BCUT2D eigenvalue weighted by molar-refractivity contribution is 6.31. The molecule has 0 heterocycles. The third kappa shape index (κ3) is 3.00. The molecule has 1 saturated carbocycles. The van der Waals surface area contributed by atoms with Crippen molar-refractivity contribution >= 4 is 17.5 Å². The van der Waals surface area contributed by atoms with Crippen LogP contribution in [0.1, 0.15) is 23.7 Å². The average molecular weight is 285 g/mol. The van der Waals surface area contributed by atoms with E-state index in [0.717, 1.165) is 6.42 Å². The van der Waals surface area contributed by atoms with Crippen LogP contribution in [0, 0.1) is 0 Å². The SMILES string of the molecule is CCOC1CC(N)C1NC(=O)c1cc(Cl)ccc1O. The number of carbonyl (C=O) groups excluding carboxylic acids is 1. The number of carbonyl (C=O) groups is 1. The van der Waals surface area contributed by atoms with Gasteiger partial charge in [0.15, 0.2) is 0 Å². The standard InChI is InChI=1S/C13H17ClN2O3/c1-2-19-11-6-9(15)12(11)16-13(18)8-5-7(14)3-4-10(8)17/h3-5,9,11-12,17H,2,6,15H2,1H3,(H,16,18). The Bertz CT molecular complexity index is 479. The lowest BCUT2D eigenvalue weighted by atomic mass is 9.83. The molecule has 1 aromatic rings. The fourth-order valence-corrected chi connectivity index (χ4v) is 2.32. The molecule has 0 bridgehead atoms. The number of hydrogen-bond donors (Lipinski definition) is 3. The maximum Gasteiger partial charge on any atom is 0.255 e. The van der Waals surface area contributed by atoms with E-state index in [1.165, 1.54) is 18.2 Å². The van der Waals surface area contributed by atoms with E-state index in [1.807, 2.05) is 6.92 Å². The van der Waals surface area contributed by atoms with E-state index in [-0.39, 0.29) is 29.5 Å². The van der Waals surface area contributed by atoms with Gasteiger partial charge in [0.2, 0.25) is 0 Å². The Balaban J connectivity index is 2.06. The summed E-state index contributed by atoms with van der Waals surface area (Å²) in [5, 5.41) is 12.8. The van der Waals surface area contributed by atoms with Crippen LogP contribution in [0.3, 0.4) is 0 Å². The Hall–Kier alpha value is -1.30. The van der Waals surface area contributed by atoms with Crippen LogP contribution < -0.4 is 11.1 Å². The van der Waals surface area contributed by atoms with Gasteiger partial charge in [-0.2, -0.15) is 0 Å². The average Bonchev–Trinajstić information content (AvgIpc) is 2.38. The molecule has 104 valence electrons. The van der Waals surface area contributed by atoms with Crippen molar-refractivity contribution in [2.45, 2.75) is 31.5 Å². The third-order valence-corrected chi connectivity index (χ3v) is 3.48. The van der Waals surface area contributed by atoms with Gasteiger partial charge in [-0.15, -0.1) is 0 Å². The van der Waals surface area contributed by atoms with Gasteiger partial charge in [0.1, 0.15) is 5.75 Å². The molecule has 6 heteroatoms. The van der Waals surface area contributed by atoms with E-state index in [2.05, 4.69) is 5.32 Å². The highest BCUT2D eigenvalue weighted by Crippen LogP contribution is 2.25. The van der Waals surface area contributed by atoms with E-state index in [1.54, 1.807) is 0 Å². The minimum absolute atomic E-state index is 0.0646. The summed E-state index contributed by atoms with van der Waals surface area (Å²) < 4.78 is 5.47. The fraction of sp³-hybridized carbons (Fsp3) is 0.462. The van der Waals surface area contributed by atoms with E-state index < -0.39 is 5.91 Å². The lowest BCUT2D eigenvalue weighted by Crippen LogP contribution is -2.64. The van der Waals surface area contributed by atoms with E-state index in [4.69, 9.17) is 22.1 Å². The number of nitrogens with two attached hydrogens (primary N) is 1. The summed E-state index contributed by atoms with van der Waals surface area (Å²) in [5.41, 5.74) is 6.00. The van der Waals surface area contributed by atoms with Crippen molar-refractivity contribution in [3.63, 3.8) is 0 Å². The van der Waals surface area contributed by atoms with Gasteiger partial charge in [0.05, 0.1) is 17.7 Å². The van der Waals surface area contributed by atoms with E-state index in [0.29, 0.717) is 11.6 Å². The Morgan fingerprint density at radius 2 is 2.37 bits per heavy atom. The van der Waals surface area contributed by atoms with Gasteiger partial charge in [0.25, 0.3) is 5.91 Å². The summed E-state index contributed by atoms with van der Waals surface area (Å²) in [4.78, 5) is 12.1. The molecule has 1 aromatic carbocycles. The van der Waals surface area contributed by atoms with Crippen LogP contribution in [0.15, 0.2) is 18.2 Å². The highest BCUT2D eigenvalue weighted by atomic mass is 35.5. The van der Waals surface area contributed by atoms with Crippen molar-refractivity contribution in [2.24, 2.45) is 5.73 Å². The predicted molar refractivity (Wildman–Crippen MR) is 72.4 cm³/mol. The smallest absolute Gasteiger partial charge is 0.255 e. The molecule has 1 amide bonds. The number of benzene rings is 1. The summed E-state index contributed by atoms with van der Waals surface area (Å²) in [6.45, 7) is 2.47. The van der Waals surface area contributed by atoms with Crippen LogP contribution in [0.5, 0.6) is 5.75 Å². The normalized spacial score (nSPS) is 25.7. The first-order chi connectivity index (χ1) is 9.02. The summed E-state index contributed by atoms with van der Waals surface area (Å²) in [5.74, 6) is -0.507. The molecule has 2 rings (SSSR count). The molecule has 5 nitrogen and oxygen atoms in total. The van der Waals surface area contributed by atoms with E-state index >= 15 is 0 Å². The van der Waals surface area contributed by atoms with Gasteiger partial charge in [-0.05, 0) is 31.5 Å². The van der Waals surface area contributed by atoms with Gasteiger partial charge in [-0.3, -0.25) is 4.79 Å². The number of hydrogen-bond acceptors (Lipinski definition) is 4. The first-order valence-corrected chi connectivity index (χ1v) is 6.57. The Kier molecular flexibility index (Phi) is 4.29. The maximum atomic E-state index is 12.1. The fourth-order valence-electron chi connectivity index (χ4n) is 2.15. The van der Waals surface area contributed by atoms with Crippen molar-refractivity contribution < 1.29 is 14.6 Å². The van der Waals surface area contributed by atoms with Crippen LogP contribution in [-0.4, -0.2) is 35.8 Å². The molecule has 3 atom stereocenters. The molecule has 1 aliphatic carbocycles. The lowest BCUT2D eigenvalue weighted by Gasteiger charge is -2.42. The predicted octanol–water partition coefficient (Wildman–Crippen LogP) is 1.28. The molecule has 1 fully saturated rings. The van der Waals surface area contributed by atoms with Crippen LogP contribution in [0.4, 0.5) is 0 Å². The second-order valence-electron chi connectivity index (χ2n) is 4.55. The van der Waals surface area contributed by atoms with Crippen molar-refractivity contribution in [2.75, 3.05) is 6.61 Å². The molecule has 4 N–H and O–H groups in total. The maximum absolute atomic E-state index is 12.1. The first-order valence-electron chi connectivity index (χ1n) is 6.19. The number of phenols is 1. The minimum Gasteiger partial charge on any atom is -0.507 e.